The highest BCUT2D eigenvalue weighted by atomic mass is 19.4. The van der Waals surface area contributed by atoms with Gasteiger partial charge in [-0.05, 0) is 36.6 Å². The molecule has 2 rings (SSSR count). The van der Waals surface area contributed by atoms with Crippen molar-refractivity contribution in [1.29, 1.82) is 0 Å². The summed E-state index contributed by atoms with van der Waals surface area (Å²) >= 11 is 0. The Hall–Kier alpha value is -1.49. The molecule has 0 atom stereocenters. The smallest absolute Gasteiger partial charge is 0.392 e. The minimum Gasteiger partial charge on any atom is -0.392 e. The fraction of sp³-hybridized carbons (Fsp3) is 0.429. The zero-order valence-corrected chi connectivity index (χ0v) is 10.7. The molecule has 1 aliphatic heterocycles. The molecular weight excluding hydrogens is 255 g/mol. The first-order chi connectivity index (χ1) is 8.91. The molecule has 0 spiro atoms. The van der Waals surface area contributed by atoms with E-state index in [1.54, 1.807) is 0 Å². The first kappa shape index (κ1) is 13.9. The van der Waals surface area contributed by atoms with Gasteiger partial charge in [0.1, 0.15) is 0 Å². The van der Waals surface area contributed by atoms with Crippen LogP contribution >= 0.6 is 0 Å². The van der Waals surface area contributed by atoms with Crippen molar-refractivity contribution >= 4 is 5.69 Å². The quantitative estimate of drug-likeness (QED) is 0.835. The van der Waals surface area contributed by atoms with E-state index in [9.17, 15) is 13.2 Å². The lowest BCUT2D eigenvalue weighted by atomic mass is 10.0. The molecule has 2 nitrogen and oxygen atoms in total. The molecule has 19 heavy (non-hydrogen) atoms. The van der Waals surface area contributed by atoms with Crippen LogP contribution in [0.3, 0.4) is 0 Å². The maximum atomic E-state index is 12.5. The number of aryl methyl sites for hydroxylation is 1. The van der Waals surface area contributed by atoms with Gasteiger partial charge in [0, 0.05) is 24.4 Å². The summed E-state index contributed by atoms with van der Waals surface area (Å²) in [7, 11) is 0. The highest BCUT2D eigenvalue weighted by Crippen LogP contribution is 2.31. The van der Waals surface area contributed by atoms with Crippen LogP contribution in [0.25, 0.3) is 0 Å². The predicted molar refractivity (Wildman–Crippen MR) is 68.1 cm³/mol. The number of benzene rings is 1. The molecule has 0 amide bonds. The molecule has 104 valence electrons. The number of alkyl halides is 3. The van der Waals surface area contributed by atoms with E-state index >= 15 is 0 Å². The molecule has 1 aromatic carbocycles. The van der Waals surface area contributed by atoms with Gasteiger partial charge in [0.25, 0.3) is 0 Å². The van der Waals surface area contributed by atoms with E-state index in [2.05, 4.69) is 0 Å². The lowest BCUT2D eigenvalue weighted by Crippen LogP contribution is -2.31. The summed E-state index contributed by atoms with van der Waals surface area (Å²) in [6, 6.07) is 5.55. The third-order valence-electron chi connectivity index (χ3n) is 3.43. The van der Waals surface area contributed by atoms with Gasteiger partial charge in [-0.25, -0.2) is 0 Å². The van der Waals surface area contributed by atoms with Crippen LogP contribution < -0.4 is 4.90 Å². The van der Waals surface area contributed by atoms with Crippen molar-refractivity contribution in [3.05, 3.63) is 41.0 Å². The van der Waals surface area contributed by atoms with Crippen LogP contribution in [0.2, 0.25) is 0 Å². The first-order valence-electron chi connectivity index (χ1n) is 6.13. The van der Waals surface area contributed by atoms with E-state index in [0.29, 0.717) is 6.54 Å². The maximum absolute atomic E-state index is 12.5. The van der Waals surface area contributed by atoms with Crippen molar-refractivity contribution in [3.8, 4) is 0 Å². The normalized spacial score (nSPS) is 16.5. The van der Waals surface area contributed by atoms with E-state index in [4.69, 9.17) is 5.11 Å². The summed E-state index contributed by atoms with van der Waals surface area (Å²) < 4.78 is 37.6. The van der Waals surface area contributed by atoms with Crippen molar-refractivity contribution < 1.29 is 18.3 Å². The monoisotopic (exact) mass is 271 g/mol. The van der Waals surface area contributed by atoms with Gasteiger partial charge in [-0.1, -0.05) is 12.1 Å². The Morgan fingerprint density at radius 3 is 2.53 bits per heavy atom. The number of hydrogen-bond donors (Lipinski definition) is 1. The first-order valence-corrected chi connectivity index (χ1v) is 6.13. The second-order valence-electron chi connectivity index (χ2n) is 4.69. The highest BCUT2D eigenvalue weighted by Gasteiger charge is 2.34. The molecular formula is C14H16F3NO. The van der Waals surface area contributed by atoms with Crippen molar-refractivity contribution in [3.63, 3.8) is 0 Å². The standard InChI is InChI=1S/C14H16F3NO/c1-10-8-13(3-2-11(10)9-19)18-6-4-12(5-7-18)14(15,16)17/h2-4,8,19H,5-7,9H2,1H3. The molecule has 1 aliphatic rings. The summed E-state index contributed by atoms with van der Waals surface area (Å²) in [5.74, 6) is 0. The Morgan fingerprint density at radius 2 is 2.05 bits per heavy atom. The molecule has 1 aromatic rings. The van der Waals surface area contributed by atoms with Crippen LogP contribution in [-0.2, 0) is 6.61 Å². The van der Waals surface area contributed by atoms with Crippen LogP contribution in [0.1, 0.15) is 17.5 Å². The lowest BCUT2D eigenvalue weighted by molar-refractivity contribution is -0.0943. The number of halogens is 3. The average molecular weight is 271 g/mol. The summed E-state index contributed by atoms with van der Waals surface area (Å²) in [5, 5.41) is 9.10. The van der Waals surface area contributed by atoms with Crippen molar-refractivity contribution in [2.24, 2.45) is 0 Å². The van der Waals surface area contributed by atoms with Gasteiger partial charge in [0.15, 0.2) is 0 Å². The van der Waals surface area contributed by atoms with Crippen molar-refractivity contribution in [2.45, 2.75) is 26.1 Å². The molecule has 0 bridgehead atoms. The van der Waals surface area contributed by atoms with Crippen LogP contribution in [0.4, 0.5) is 18.9 Å². The SMILES string of the molecule is Cc1cc(N2CC=C(C(F)(F)F)CC2)ccc1CO. The molecule has 5 heteroatoms. The van der Waals surface area contributed by atoms with Gasteiger partial charge in [0.05, 0.1) is 6.61 Å². The fourth-order valence-electron chi connectivity index (χ4n) is 2.22. The van der Waals surface area contributed by atoms with E-state index in [-0.39, 0.29) is 19.6 Å². The van der Waals surface area contributed by atoms with E-state index < -0.39 is 11.7 Å². The number of rotatable bonds is 2. The molecule has 1 heterocycles. The Morgan fingerprint density at radius 1 is 1.32 bits per heavy atom. The second kappa shape index (κ2) is 5.25. The molecule has 0 aliphatic carbocycles. The average Bonchev–Trinajstić information content (AvgIpc) is 2.38. The maximum Gasteiger partial charge on any atom is 0.412 e. The van der Waals surface area contributed by atoms with Crippen molar-refractivity contribution in [1.82, 2.24) is 0 Å². The Bertz CT molecular complexity index is 494. The minimum absolute atomic E-state index is 0.0182. The summed E-state index contributed by atoms with van der Waals surface area (Å²) in [4.78, 5) is 1.91. The molecule has 0 saturated carbocycles. The molecule has 0 fully saturated rings. The molecule has 1 N–H and O–H groups in total. The van der Waals surface area contributed by atoms with Crippen molar-refractivity contribution in [2.75, 3.05) is 18.0 Å². The van der Waals surface area contributed by atoms with Crippen LogP contribution in [0.15, 0.2) is 29.8 Å². The van der Waals surface area contributed by atoms with Gasteiger partial charge < -0.3 is 10.0 Å². The molecule has 0 unspecified atom stereocenters. The highest BCUT2D eigenvalue weighted by molar-refractivity contribution is 5.52. The topological polar surface area (TPSA) is 23.5 Å². The summed E-state index contributed by atoms with van der Waals surface area (Å²) in [6.07, 6.45) is -2.94. The van der Waals surface area contributed by atoms with Gasteiger partial charge in [-0.15, -0.1) is 0 Å². The van der Waals surface area contributed by atoms with Gasteiger partial charge >= 0.3 is 6.18 Å². The third kappa shape index (κ3) is 3.10. The Kier molecular flexibility index (Phi) is 3.85. The predicted octanol–water partition coefficient (Wildman–Crippen LogP) is 3.19. The molecule has 0 aromatic heterocycles. The Balaban J connectivity index is 2.14. The zero-order valence-electron chi connectivity index (χ0n) is 10.7. The van der Waals surface area contributed by atoms with E-state index in [0.717, 1.165) is 16.8 Å². The van der Waals surface area contributed by atoms with Crippen LogP contribution in [0, 0.1) is 6.92 Å². The fourth-order valence-corrected chi connectivity index (χ4v) is 2.22. The Labute approximate surface area is 110 Å². The minimum atomic E-state index is -4.21. The largest absolute Gasteiger partial charge is 0.412 e. The second-order valence-corrected chi connectivity index (χ2v) is 4.69. The van der Waals surface area contributed by atoms with Crippen LogP contribution in [-0.4, -0.2) is 24.4 Å². The summed E-state index contributed by atoms with van der Waals surface area (Å²) in [5.41, 5.74) is 2.25. The van der Waals surface area contributed by atoms with E-state index in [1.807, 2.05) is 30.0 Å². The summed E-state index contributed by atoms with van der Waals surface area (Å²) in [6.45, 7) is 2.50. The number of aliphatic hydroxyl groups is 1. The van der Waals surface area contributed by atoms with Gasteiger partial charge in [0.2, 0.25) is 0 Å². The zero-order chi connectivity index (χ0) is 14.0. The number of aliphatic hydroxyl groups excluding tert-OH is 1. The number of nitrogens with zero attached hydrogens (tertiary/aromatic N) is 1. The van der Waals surface area contributed by atoms with Gasteiger partial charge in [-0.3, -0.25) is 0 Å². The van der Waals surface area contributed by atoms with Gasteiger partial charge in [-0.2, -0.15) is 13.2 Å². The van der Waals surface area contributed by atoms with Crippen LogP contribution in [0.5, 0.6) is 0 Å². The van der Waals surface area contributed by atoms with E-state index in [1.165, 1.54) is 6.08 Å². The third-order valence-corrected chi connectivity index (χ3v) is 3.43. The molecule has 0 saturated heterocycles. The number of hydrogen-bond acceptors (Lipinski definition) is 2. The molecule has 0 radical (unpaired) electrons. The number of anilines is 1. The lowest BCUT2D eigenvalue weighted by Gasteiger charge is -2.29.